The van der Waals surface area contributed by atoms with Gasteiger partial charge in [-0.05, 0) is 24.3 Å². The van der Waals surface area contributed by atoms with Gasteiger partial charge in [-0.1, -0.05) is 0 Å². The predicted octanol–water partition coefficient (Wildman–Crippen LogP) is 2.32. The van der Waals surface area contributed by atoms with E-state index in [0.717, 1.165) is 0 Å². The van der Waals surface area contributed by atoms with E-state index in [4.69, 9.17) is 9.47 Å². The Morgan fingerprint density at radius 1 is 0.960 bits per heavy atom. The molecule has 0 saturated heterocycles. The summed E-state index contributed by atoms with van der Waals surface area (Å²) in [5, 5.41) is 12.9. The average molecular weight is 340 g/mol. The normalized spacial score (nSPS) is 10.2. The van der Waals surface area contributed by atoms with Crippen LogP contribution >= 0.6 is 0 Å². The summed E-state index contributed by atoms with van der Waals surface area (Å²) in [5.41, 5.74) is 1.12. The zero-order valence-electron chi connectivity index (χ0n) is 13.6. The van der Waals surface area contributed by atoms with E-state index >= 15 is 0 Å². The van der Waals surface area contributed by atoms with Crippen LogP contribution in [0.15, 0.2) is 49.2 Å². The fourth-order valence-electron chi connectivity index (χ4n) is 2.14. The molecule has 128 valence electrons. The smallest absolute Gasteiger partial charge is 0.323 e. The molecule has 0 radical (unpaired) electrons. The zero-order valence-corrected chi connectivity index (χ0v) is 13.6. The Morgan fingerprint density at radius 3 is 2.28 bits per heavy atom. The maximum absolute atomic E-state index is 12.1. The van der Waals surface area contributed by atoms with Crippen LogP contribution in [0.2, 0.25) is 0 Å². The molecule has 0 bridgehead atoms. The summed E-state index contributed by atoms with van der Waals surface area (Å²) in [7, 11) is 3.08. The van der Waals surface area contributed by atoms with Gasteiger partial charge in [0.1, 0.15) is 18.5 Å². The first-order valence-electron chi connectivity index (χ1n) is 7.30. The summed E-state index contributed by atoms with van der Waals surface area (Å²) in [4.78, 5) is 16.3. The number of anilines is 2. The van der Waals surface area contributed by atoms with Gasteiger partial charge in [0.15, 0.2) is 11.5 Å². The minimum absolute atomic E-state index is 0.397. The van der Waals surface area contributed by atoms with Gasteiger partial charge in [-0.15, -0.1) is 10.2 Å². The van der Waals surface area contributed by atoms with Crippen LogP contribution in [0.25, 0.3) is 5.82 Å². The molecule has 2 amide bonds. The number of methoxy groups -OCH3 is 2. The number of aromatic nitrogens is 4. The summed E-state index contributed by atoms with van der Waals surface area (Å²) >= 11 is 0. The third-order valence-corrected chi connectivity index (χ3v) is 3.33. The Labute approximate surface area is 143 Å². The molecule has 2 heterocycles. The van der Waals surface area contributed by atoms with Crippen molar-refractivity contribution in [1.29, 1.82) is 0 Å². The Morgan fingerprint density at radius 2 is 1.64 bits per heavy atom. The number of ether oxygens (including phenoxy) is 2. The molecule has 0 atom stereocenters. The quantitative estimate of drug-likeness (QED) is 0.739. The van der Waals surface area contributed by atoms with E-state index in [9.17, 15) is 4.79 Å². The predicted molar refractivity (Wildman–Crippen MR) is 91.3 cm³/mol. The van der Waals surface area contributed by atoms with Gasteiger partial charge in [0.05, 0.1) is 26.1 Å². The molecular formula is C16H16N6O3. The lowest BCUT2D eigenvalue weighted by molar-refractivity contribution is 0.262. The highest BCUT2D eigenvalue weighted by Gasteiger charge is 2.08. The largest absolute Gasteiger partial charge is 0.493 e. The molecular weight excluding hydrogens is 324 g/mol. The number of rotatable bonds is 5. The van der Waals surface area contributed by atoms with Gasteiger partial charge < -0.3 is 20.1 Å². The highest BCUT2D eigenvalue weighted by atomic mass is 16.5. The number of carbonyl (C=O) groups excluding carboxylic acids is 1. The minimum atomic E-state index is -0.397. The van der Waals surface area contributed by atoms with Crippen molar-refractivity contribution in [3.05, 3.63) is 49.2 Å². The van der Waals surface area contributed by atoms with E-state index in [-0.39, 0.29) is 0 Å². The van der Waals surface area contributed by atoms with Crippen LogP contribution in [0.1, 0.15) is 0 Å². The van der Waals surface area contributed by atoms with Crippen LogP contribution in [0.3, 0.4) is 0 Å². The number of carbonyl (C=O) groups is 1. The molecule has 9 nitrogen and oxygen atoms in total. The summed E-state index contributed by atoms with van der Waals surface area (Å²) in [6, 6.07) is 8.18. The van der Waals surface area contributed by atoms with Gasteiger partial charge in [-0.2, -0.15) is 0 Å². The van der Waals surface area contributed by atoms with E-state index in [0.29, 0.717) is 28.7 Å². The van der Waals surface area contributed by atoms with E-state index in [1.807, 2.05) is 0 Å². The average Bonchev–Trinajstić information content (AvgIpc) is 3.17. The van der Waals surface area contributed by atoms with Gasteiger partial charge in [-0.25, -0.2) is 9.78 Å². The number of pyridine rings is 1. The molecule has 2 N–H and O–H groups in total. The lowest BCUT2D eigenvalue weighted by Crippen LogP contribution is -2.19. The summed E-state index contributed by atoms with van der Waals surface area (Å²) in [6.45, 7) is 0. The van der Waals surface area contributed by atoms with Crippen molar-refractivity contribution in [2.24, 2.45) is 0 Å². The molecule has 0 aliphatic carbocycles. The number of hydrogen-bond donors (Lipinski definition) is 2. The second kappa shape index (κ2) is 7.30. The van der Waals surface area contributed by atoms with Crippen molar-refractivity contribution in [3.8, 4) is 17.3 Å². The second-order valence-electron chi connectivity index (χ2n) is 4.92. The Kier molecular flexibility index (Phi) is 4.74. The first-order valence-corrected chi connectivity index (χ1v) is 7.30. The third kappa shape index (κ3) is 3.83. The Hall–Kier alpha value is -3.62. The highest BCUT2D eigenvalue weighted by molar-refractivity contribution is 5.99. The van der Waals surface area contributed by atoms with Crippen molar-refractivity contribution < 1.29 is 14.3 Å². The maximum atomic E-state index is 12.1. The molecule has 25 heavy (non-hydrogen) atoms. The molecule has 2 aromatic heterocycles. The number of benzene rings is 1. The number of urea groups is 1. The fourth-order valence-corrected chi connectivity index (χ4v) is 2.14. The van der Waals surface area contributed by atoms with Crippen molar-refractivity contribution in [2.75, 3.05) is 24.9 Å². The van der Waals surface area contributed by atoms with Gasteiger partial charge >= 0.3 is 6.03 Å². The van der Waals surface area contributed by atoms with Gasteiger partial charge in [-0.3, -0.25) is 4.57 Å². The van der Waals surface area contributed by atoms with Crippen molar-refractivity contribution in [1.82, 2.24) is 19.7 Å². The maximum Gasteiger partial charge on any atom is 0.323 e. The van der Waals surface area contributed by atoms with Crippen LogP contribution in [0, 0.1) is 0 Å². The molecule has 0 aliphatic heterocycles. The SMILES string of the molecule is COc1ccc(NC(=O)Nc2ccc(-n3cnnc3)nc2)cc1OC. The summed E-state index contributed by atoms with van der Waals surface area (Å²) < 4.78 is 12.0. The number of hydrogen-bond acceptors (Lipinski definition) is 6. The summed E-state index contributed by atoms with van der Waals surface area (Å²) in [5.74, 6) is 1.76. The molecule has 3 rings (SSSR count). The number of amides is 2. The first kappa shape index (κ1) is 16.2. The lowest BCUT2D eigenvalue weighted by atomic mass is 10.3. The van der Waals surface area contributed by atoms with Gasteiger partial charge in [0.2, 0.25) is 0 Å². The number of nitrogens with zero attached hydrogens (tertiary/aromatic N) is 4. The monoisotopic (exact) mass is 340 g/mol. The van der Waals surface area contributed by atoms with E-state index in [1.165, 1.54) is 7.11 Å². The molecule has 0 saturated carbocycles. The van der Waals surface area contributed by atoms with E-state index in [2.05, 4.69) is 25.8 Å². The molecule has 3 aromatic rings. The van der Waals surface area contributed by atoms with Crippen LogP contribution in [-0.2, 0) is 0 Å². The minimum Gasteiger partial charge on any atom is -0.493 e. The number of nitrogens with one attached hydrogen (secondary N) is 2. The van der Waals surface area contributed by atoms with Crippen LogP contribution in [0.5, 0.6) is 11.5 Å². The van der Waals surface area contributed by atoms with Crippen LogP contribution in [0.4, 0.5) is 16.2 Å². The second-order valence-corrected chi connectivity index (χ2v) is 4.92. The lowest BCUT2D eigenvalue weighted by Gasteiger charge is -2.11. The Bertz CT molecular complexity index is 849. The summed E-state index contributed by atoms with van der Waals surface area (Å²) in [6.07, 6.45) is 4.63. The molecule has 0 aliphatic rings. The standard InChI is InChI=1S/C16H16N6O3/c1-24-13-5-3-11(7-14(13)25-2)20-16(23)21-12-4-6-15(17-8-12)22-9-18-19-10-22/h3-10H,1-2H3,(H2,20,21,23). The molecule has 0 fully saturated rings. The molecule has 9 heteroatoms. The van der Waals surface area contributed by atoms with Crippen molar-refractivity contribution in [2.45, 2.75) is 0 Å². The first-order chi connectivity index (χ1) is 12.2. The highest BCUT2D eigenvalue weighted by Crippen LogP contribution is 2.29. The fraction of sp³-hybridized carbons (Fsp3) is 0.125. The van der Waals surface area contributed by atoms with Crippen LogP contribution in [-0.4, -0.2) is 40.0 Å². The van der Waals surface area contributed by atoms with Crippen molar-refractivity contribution >= 4 is 17.4 Å². The third-order valence-electron chi connectivity index (χ3n) is 3.33. The topological polar surface area (TPSA) is 103 Å². The van der Waals surface area contributed by atoms with E-state index < -0.39 is 6.03 Å². The zero-order chi connectivity index (χ0) is 17.6. The van der Waals surface area contributed by atoms with Crippen molar-refractivity contribution in [3.63, 3.8) is 0 Å². The van der Waals surface area contributed by atoms with Gasteiger partial charge in [0.25, 0.3) is 0 Å². The van der Waals surface area contributed by atoms with Crippen LogP contribution < -0.4 is 20.1 Å². The van der Waals surface area contributed by atoms with E-state index in [1.54, 1.807) is 60.9 Å². The van der Waals surface area contributed by atoms with Gasteiger partial charge in [0, 0.05) is 11.8 Å². The molecule has 1 aromatic carbocycles. The Balaban J connectivity index is 1.64. The molecule has 0 unspecified atom stereocenters. The molecule has 0 spiro atoms.